The van der Waals surface area contributed by atoms with Crippen molar-refractivity contribution in [3.63, 3.8) is 0 Å². The normalized spacial score (nSPS) is 13.1. The van der Waals surface area contributed by atoms with Gasteiger partial charge in [0.25, 0.3) is 0 Å². The van der Waals surface area contributed by atoms with E-state index in [9.17, 15) is 9.18 Å². The molecule has 0 aliphatic heterocycles. The van der Waals surface area contributed by atoms with E-state index in [-0.39, 0.29) is 42.5 Å². The molecule has 8 heteroatoms. The van der Waals surface area contributed by atoms with Crippen LogP contribution in [0.4, 0.5) is 4.39 Å². The number of benzene rings is 1. The van der Waals surface area contributed by atoms with Crippen molar-refractivity contribution >= 4 is 18.3 Å². The van der Waals surface area contributed by atoms with E-state index < -0.39 is 6.04 Å². The zero-order chi connectivity index (χ0) is 16.3. The van der Waals surface area contributed by atoms with Crippen LogP contribution in [0, 0.1) is 12.7 Å². The van der Waals surface area contributed by atoms with Gasteiger partial charge in [0, 0.05) is 18.0 Å². The number of hydrogen-bond acceptors (Lipinski definition) is 5. The molecule has 0 saturated carbocycles. The van der Waals surface area contributed by atoms with E-state index in [1.54, 1.807) is 32.9 Å². The third-order valence-electron chi connectivity index (χ3n) is 3.11. The Kier molecular flexibility index (Phi) is 6.65. The fourth-order valence-corrected chi connectivity index (χ4v) is 1.97. The highest BCUT2D eigenvalue weighted by molar-refractivity contribution is 5.85. The average Bonchev–Trinajstić information content (AvgIpc) is 2.90. The van der Waals surface area contributed by atoms with Gasteiger partial charge in [-0.3, -0.25) is 4.79 Å². The SMILES string of the molecule is Cc1cc(-c2noc(C(C)NC(=O)CC(C)N)n2)ccc1F.Cl. The molecule has 0 fully saturated rings. The average molecular weight is 343 g/mol. The molecular formula is C15H20ClFN4O2. The van der Waals surface area contributed by atoms with Crippen LogP contribution in [0.5, 0.6) is 0 Å². The first kappa shape index (κ1) is 19.1. The number of aromatic nitrogens is 2. The molecule has 1 heterocycles. The molecule has 0 spiro atoms. The Labute approximate surface area is 140 Å². The third-order valence-corrected chi connectivity index (χ3v) is 3.11. The van der Waals surface area contributed by atoms with Gasteiger partial charge < -0.3 is 15.6 Å². The molecule has 1 amide bonds. The lowest BCUT2D eigenvalue weighted by molar-refractivity contribution is -0.122. The molecule has 1 aromatic carbocycles. The number of carbonyl (C=O) groups excluding carboxylic acids is 1. The summed E-state index contributed by atoms with van der Waals surface area (Å²) in [5.74, 6) is 0.172. The minimum atomic E-state index is -0.422. The lowest BCUT2D eigenvalue weighted by Crippen LogP contribution is -2.31. The molecule has 3 N–H and O–H groups in total. The van der Waals surface area contributed by atoms with Gasteiger partial charge in [-0.25, -0.2) is 4.39 Å². The zero-order valence-electron chi connectivity index (χ0n) is 13.2. The molecule has 0 bridgehead atoms. The predicted octanol–water partition coefficient (Wildman–Crippen LogP) is 2.52. The summed E-state index contributed by atoms with van der Waals surface area (Å²) in [6, 6.07) is 3.94. The second-order valence-corrected chi connectivity index (χ2v) is 5.39. The molecule has 0 aliphatic carbocycles. The molecule has 0 saturated heterocycles. The van der Waals surface area contributed by atoms with Gasteiger partial charge in [0.2, 0.25) is 17.6 Å². The van der Waals surface area contributed by atoms with Crippen molar-refractivity contribution in [2.24, 2.45) is 5.73 Å². The number of nitrogens with one attached hydrogen (secondary N) is 1. The van der Waals surface area contributed by atoms with Gasteiger partial charge in [0.1, 0.15) is 11.9 Å². The molecule has 6 nitrogen and oxygen atoms in total. The first-order valence-corrected chi connectivity index (χ1v) is 7.02. The molecule has 2 rings (SSSR count). The molecule has 0 radical (unpaired) electrons. The van der Waals surface area contributed by atoms with Crippen LogP contribution in [0.3, 0.4) is 0 Å². The topological polar surface area (TPSA) is 94.0 Å². The fourth-order valence-electron chi connectivity index (χ4n) is 1.97. The lowest BCUT2D eigenvalue weighted by Gasteiger charge is -2.10. The van der Waals surface area contributed by atoms with Crippen LogP contribution in [0.2, 0.25) is 0 Å². The second-order valence-electron chi connectivity index (χ2n) is 5.39. The Balaban J connectivity index is 0.00000264. The standard InChI is InChI=1S/C15H19FN4O2.ClH/c1-8-6-11(4-5-12(8)16)14-19-15(22-20-14)10(3)18-13(21)7-9(2)17;/h4-6,9-10H,7,17H2,1-3H3,(H,18,21);1H. The van der Waals surface area contributed by atoms with E-state index in [1.165, 1.54) is 6.07 Å². The molecule has 1 aromatic heterocycles. The number of aryl methyl sites for hydroxylation is 1. The van der Waals surface area contributed by atoms with Crippen LogP contribution in [-0.4, -0.2) is 22.1 Å². The largest absolute Gasteiger partial charge is 0.345 e. The van der Waals surface area contributed by atoms with Crippen LogP contribution in [0.1, 0.15) is 37.8 Å². The number of amides is 1. The maximum Gasteiger partial charge on any atom is 0.249 e. The van der Waals surface area contributed by atoms with Gasteiger partial charge >= 0.3 is 0 Å². The summed E-state index contributed by atoms with van der Waals surface area (Å²) in [7, 11) is 0. The van der Waals surface area contributed by atoms with Gasteiger partial charge in [0.05, 0.1) is 0 Å². The van der Waals surface area contributed by atoms with Crippen molar-refractivity contribution in [3.8, 4) is 11.4 Å². The van der Waals surface area contributed by atoms with Crippen molar-refractivity contribution in [1.82, 2.24) is 15.5 Å². The highest BCUT2D eigenvalue weighted by atomic mass is 35.5. The third kappa shape index (κ3) is 5.01. The molecule has 126 valence electrons. The summed E-state index contributed by atoms with van der Waals surface area (Å²) >= 11 is 0. The Morgan fingerprint density at radius 3 is 2.74 bits per heavy atom. The monoisotopic (exact) mass is 342 g/mol. The van der Waals surface area contributed by atoms with Crippen molar-refractivity contribution in [3.05, 3.63) is 35.5 Å². The first-order valence-electron chi connectivity index (χ1n) is 7.02. The molecule has 2 unspecified atom stereocenters. The van der Waals surface area contributed by atoms with E-state index in [1.807, 2.05) is 0 Å². The molecular weight excluding hydrogens is 323 g/mol. The van der Waals surface area contributed by atoms with Gasteiger partial charge in [-0.15, -0.1) is 12.4 Å². The zero-order valence-corrected chi connectivity index (χ0v) is 14.0. The van der Waals surface area contributed by atoms with Crippen molar-refractivity contribution in [2.45, 2.75) is 39.3 Å². The quantitative estimate of drug-likeness (QED) is 0.870. The molecule has 23 heavy (non-hydrogen) atoms. The maximum absolute atomic E-state index is 13.3. The summed E-state index contributed by atoms with van der Waals surface area (Å²) in [6.07, 6.45) is 0.225. The van der Waals surface area contributed by atoms with Crippen LogP contribution in [-0.2, 0) is 4.79 Å². The number of nitrogens with zero attached hydrogens (tertiary/aromatic N) is 2. The van der Waals surface area contributed by atoms with Crippen LogP contribution in [0.15, 0.2) is 22.7 Å². The van der Waals surface area contributed by atoms with Crippen LogP contribution in [0.25, 0.3) is 11.4 Å². The first-order chi connectivity index (χ1) is 10.4. The lowest BCUT2D eigenvalue weighted by atomic mass is 10.1. The minimum absolute atomic E-state index is 0. The summed E-state index contributed by atoms with van der Waals surface area (Å²) in [5.41, 5.74) is 6.73. The van der Waals surface area contributed by atoms with Gasteiger partial charge in [-0.05, 0) is 44.5 Å². The Hall–Kier alpha value is -1.99. The summed E-state index contributed by atoms with van der Waals surface area (Å²) in [5, 5.41) is 6.60. The van der Waals surface area contributed by atoms with Crippen LogP contribution < -0.4 is 11.1 Å². The number of hydrogen-bond donors (Lipinski definition) is 2. The summed E-state index contributed by atoms with van der Waals surface area (Å²) < 4.78 is 18.4. The van der Waals surface area contributed by atoms with E-state index in [0.29, 0.717) is 17.0 Å². The smallest absolute Gasteiger partial charge is 0.249 e. The van der Waals surface area contributed by atoms with E-state index >= 15 is 0 Å². The van der Waals surface area contributed by atoms with Gasteiger partial charge in [-0.1, -0.05) is 5.16 Å². The second kappa shape index (κ2) is 8.03. The van der Waals surface area contributed by atoms with E-state index in [2.05, 4.69) is 15.5 Å². The van der Waals surface area contributed by atoms with Crippen molar-refractivity contribution in [1.29, 1.82) is 0 Å². The molecule has 2 aromatic rings. The van der Waals surface area contributed by atoms with E-state index in [0.717, 1.165) is 0 Å². The number of halogens is 2. The van der Waals surface area contributed by atoms with Crippen molar-refractivity contribution < 1.29 is 13.7 Å². The van der Waals surface area contributed by atoms with Crippen LogP contribution >= 0.6 is 12.4 Å². The Morgan fingerprint density at radius 1 is 1.43 bits per heavy atom. The van der Waals surface area contributed by atoms with Crippen molar-refractivity contribution in [2.75, 3.05) is 0 Å². The maximum atomic E-state index is 13.3. The number of rotatable bonds is 5. The molecule has 2 atom stereocenters. The summed E-state index contributed by atoms with van der Waals surface area (Å²) in [6.45, 7) is 5.16. The number of nitrogens with two attached hydrogens (primary N) is 1. The highest BCUT2D eigenvalue weighted by Crippen LogP contribution is 2.21. The van der Waals surface area contributed by atoms with Gasteiger partial charge in [0.15, 0.2) is 0 Å². The predicted molar refractivity (Wildman–Crippen MR) is 86.5 cm³/mol. The molecule has 0 aliphatic rings. The summed E-state index contributed by atoms with van der Waals surface area (Å²) in [4.78, 5) is 15.9. The minimum Gasteiger partial charge on any atom is -0.345 e. The Morgan fingerprint density at radius 2 is 2.13 bits per heavy atom. The Bertz CT molecular complexity index is 675. The van der Waals surface area contributed by atoms with E-state index in [4.69, 9.17) is 10.3 Å². The number of carbonyl (C=O) groups is 1. The van der Waals surface area contributed by atoms with Gasteiger partial charge in [-0.2, -0.15) is 4.98 Å². The highest BCUT2D eigenvalue weighted by Gasteiger charge is 2.18. The fraction of sp³-hybridized carbons (Fsp3) is 0.400.